The van der Waals surface area contributed by atoms with Crippen LogP contribution in [0.5, 0.6) is 0 Å². The molecule has 0 aromatic heterocycles. The first-order valence-corrected chi connectivity index (χ1v) is 10.2. The highest BCUT2D eigenvalue weighted by atomic mass is 32.2. The molecular formula is C22H28N2O2S. The van der Waals surface area contributed by atoms with Crippen LogP contribution in [-0.2, 0) is 16.1 Å². The Kier molecular flexibility index (Phi) is 7.92. The van der Waals surface area contributed by atoms with Crippen molar-refractivity contribution in [3.63, 3.8) is 0 Å². The number of hydrogen-bond donors (Lipinski definition) is 1. The maximum Gasteiger partial charge on any atom is 0.242 e. The largest absolute Gasteiger partial charge is 0.357 e. The fraction of sp³-hybridized carbons (Fsp3) is 0.364. The van der Waals surface area contributed by atoms with Gasteiger partial charge in [0.2, 0.25) is 11.8 Å². The lowest BCUT2D eigenvalue weighted by Crippen LogP contribution is -2.46. The summed E-state index contributed by atoms with van der Waals surface area (Å²) in [7, 11) is 1.60. The van der Waals surface area contributed by atoms with Gasteiger partial charge in [-0.1, -0.05) is 47.5 Å². The van der Waals surface area contributed by atoms with E-state index in [0.717, 1.165) is 10.5 Å². The summed E-state index contributed by atoms with van der Waals surface area (Å²) < 4.78 is 0. The maximum absolute atomic E-state index is 12.9. The van der Waals surface area contributed by atoms with Gasteiger partial charge in [-0.05, 0) is 38.5 Å². The van der Waals surface area contributed by atoms with E-state index in [0.29, 0.717) is 18.7 Å². The third-order valence-electron chi connectivity index (χ3n) is 4.49. The number of hydrogen-bond acceptors (Lipinski definition) is 3. The summed E-state index contributed by atoms with van der Waals surface area (Å²) in [4.78, 5) is 27.8. The number of aryl methyl sites for hydroxylation is 2. The second kappa shape index (κ2) is 10.2. The van der Waals surface area contributed by atoms with Crippen molar-refractivity contribution in [3.05, 3.63) is 65.2 Å². The molecular weight excluding hydrogens is 356 g/mol. The SMILES string of the molecule is CNC(=O)C(C)N(Cc1ccc(C)cc1)C(=O)CCSc1ccc(C)cc1. The van der Waals surface area contributed by atoms with Gasteiger partial charge in [0, 0.05) is 30.7 Å². The normalized spacial score (nSPS) is 11.7. The molecule has 2 rings (SSSR count). The van der Waals surface area contributed by atoms with E-state index < -0.39 is 6.04 Å². The fourth-order valence-corrected chi connectivity index (χ4v) is 3.56. The van der Waals surface area contributed by atoms with Gasteiger partial charge in [-0.3, -0.25) is 9.59 Å². The molecule has 0 bridgehead atoms. The maximum atomic E-state index is 12.9. The molecule has 0 heterocycles. The lowest BCUT2D eigenvalue weighted by molar-refractivity contribution is -0.140. The van der Waals surface area contributed by atoms with E-state index in [1.165, 1.54) is 11.1 Å². The molecule has 2 amide bonds. The molecule has 1 unspecified atom stereocenters. The number of carbonyl (C=O) groups is 2. The molecule has 0 radical (unpaired) electrons. The summed E-state index contributed by atoms with van der Waals surface area (Å²) in [6, 6.07) is 15.8. The highest BCUT2D eigenvalue weighted by molar-refractivity contribution is 7.99. The minimum absolute atomic E-state index is 0.00807. The van der Waals surface area contributed by atoms with Crippen LogP contribution < -0.4 is 5.32 Å². The number of nitrogens with one attached hydrogen (secondary N) is 1. The van der Waals surface area contributed by atoms with E-state index in [1.54, 1.807) is 30.6 Å². The molecule has 0 saturated carbocycles. The molecule has 1 N–H and O–H groups in total. The van der Waals surface area contributed by atoms with E-state index in [2.05, 4.69) is 36.5 Å². The third-order valence-corrected chi connectivity index (χ3v) is 5.51. The van der Waals surface area contributed by atoms with Gasteiger partial charge in [-0.25, -0.2) is 0 Å². The molecule has 0 aliphatic carbocycles. The lowest BCUT2D eigenvalue weighted by atomic mass is 10.1. The second-order valence-corrected chi connectivity index (χ2v) is 7.88. The van der Waals surface area contributed by atoms with Crippen LogP contribution in [0.1, 0.15) is 30.0 Å². The highest BCUT2D eigenvalue weighted by Gasteiger charge is 2.25. The van der Waals surface area contributed by atoms with Crippen LogP contribution in [0, 0.1) is 13.8 Å². The number of rotatable bonds is 8. The quantitative estimate of drug-likeness (QED) is 0.701. The Balaban J connectivity index is 2.02. The number of carbonyl (C=O) groups excluding carboxylic acids is 2. The third kappa shape index (κ3) is 6.43. The molecule has 0 saturated heterocycles. The summed E-state index contributed by atoms with van der Waals surface area (Å²) in [5.41, 5.74) is 3.42. The van der Waals surface area contributed by atoms with Gasteiger partial charge in [0.25, 0.3) is 0 Å². The van der Waals surface area contributed by atoms with Crippen molar-refractivity contribution in [1.82, 2.24) is 10.2 Å². The summed E-state index contributed by atoms with van der Waals surface area (Å²) in [6.07, 6.45) is 0.395. The zero-order chi connectivity index (χ0) is 19.8. The molecule has 2 aromatic carbocycles. The number of nitrogens with zero attached hydrogens (tertiary/aromatic N) is 1. The van der Waals surface area contributed by atoms with Crippen LogP contribution in [0.4, 0.5) is 0 Å². The average Bonchev–Trinajstić information content (AvgIpc) is 2.67. The van der Waals surface area contributed by atoms with Crippen molar-refractivity contribution < 1.29 is 9.59 Å². The van der Waals surface area contributed by atoms with Crippen molar-refractivity contribution >= 4 is 23.6 Å². The van der Waals surface area contributed by atoms with E-state index in [4.69, 9.17) is 0 Å². The van der Waals surface area contributed by atoms with Crippen molar-refractivity contribution in [1.29, 1.82) is 0 Å². The first kappa shape index (κ1) is 21.0. The van der Waals surface area contributed by atoms with Crippen molar-refractivity contribution in [3.8, 4) is 0 Å². The van der Waals surface area contributed by atoms with Gasteiger partial charge < -0.3 is 10.2 Å². The zero-order valence-electron chi connectivity index (χ0n) is 16.5. The van der Waals surface area contributed by atoms with E-state index in [1.807, 2.05) is 31.2 Å². The Hall–Kier alpha value is -2.27. The van der Waals surface area contributed by atoms with Crippen LogP contribution in [0.25, 0.3) is 0 Å². The van der Waals surface area contributed by atoms with E-state index in [9.17, 15) is 9.59 Å². The zero-order valence-corrected chi connectivity index (χ0v) is 17.3. The first-order valence-electron chi connectivity index (χ1n) is 9.16. The number of amides is 2. The van der Waals surface area contributed by atoms with Crippen LogP contribution >= 0.6 is 11.8 Å². The lowest BCUT2D eigenvalue weighted by Gasteiger charge is -2.28. The highest BCUT2D eigenvalue weighted by Crippen LogP contribution is 2.20. The first-order chi connectivity index (χ1) is 12.9. The van der Waals surface area contributed by atoms with Gasteiger partial charge >= 0.3 is 0 Å². The monoisotopic (exact) mass is 384 g/mol. The predicted octanol–water partition coefficient (Wildman–Crippen LogP) is 3.95. The summed E-state index contributed by atoms with van der Waals surface area (Å²) in [5.74, 6) is 0.528. The number of likely N-dealkylation sites (N-methyl/N-ethyl adjacent to an activating group) is 1. The van der Waals surface area contributed by atoms with Crippen LogP contribution in [-0.4, -0.2) is 35.6 Å². The standard InChI is InChI=1S/C22H28N2O2S/c1-16-5-9-19(10-6-16)15-24(18(3)22(26)23-4)21(25)13-14-27-20-11-7-17(2)8-12-20/h5-12,18H,13-15H2,1-4H3,(H,23,26). The molecule has 0 fully saturated rings. The fourth-order valence-electron chi connectivity index (χ4n) is 2.72. The van der Waals surface area contributed by atoms with Crippen molar-refractivity contribution in [2.24, 2.45) is 0 Å². The minimum Gasteiger partial charge on any atom is -0.357 e. The number of thioether (sulfide) groups is 1. The topological polar surface area (TPSA) is 49.4 Å². The Bertz CT molecular complexity index is 757. The van der Waals surface area contributed by atoms with Gasteiger partial charge in [0.15, 0.2) is 0 Å². The second-order valence-electron chi connectivity index (χ2n) is 6.71. The van der Waals surface area contributed by atoms with E-state index >= 15 is 0 Å². The molecule has 0 aliphatic heterocycles. The Morgan fingerprint density at radius 2 is 1.56 bits per heavy atom. The van der Waals surface area contributed by atoms with Crippen LogP contribution in [0.15, 0.2) is 53.4 Å². The molecule has 144 valence electrons. The average molecular weight is 385 g/mol. The summed E-state index contributed by atoms with van der Waals surface area (Å²) >= 11 is 1.66. The van der Waals surface area contributed by atoms with Gasteiger partial charge in [-0.2, -0.15) is 0 Å². The van der Waals surface area contributed by atoms with Crippen molar-refractivity contribution in [2.75, 3.05) is 12.8 Å². The molecule has 2 aromatic rings. The van der Waals surface area contributed by atoms with Gasteiger partial charge in [-0.15, -0.1) is 11.8 Å². The van der Waals surface area contributed by atoms with Crippen LogP contribution in [0.3, 0.4) is 0 Å². The summed E-state index contributed by atoms with van der Waals surface area (Å²) in [5, 5.41) is 2.64. The van der Waals surface area contributed by atoms with Gasteiger partial charge in [0.05, 0.1) is 0 Å². The van der Waals surface area contributed by atoms with Crippen LogP contribution in [0.2, 0.25) is 0 Å². The van der Waals surface area contributed by atoms with Gasteiger partial charge in [0.1, 0.15) is 6.04 Å². The smallest absolute Gasteiger partial charge is 0.242 e. The van der Waals surface area contributed by atoms with Crippen molar-refractivity contribution in [2.45, 2.75) is 44.7 Å². The Morgan fingerprint density at radius 1 is 1.00 bits per heavy atom. The molecule has 0 spiro atoms. The molecule has 5 heteroatoms. The molecule has 1 atom stereocenters. The molecule has 4 nitrogen and oxygen atoms in total. The minimum atomic E-state index is -0.506. The Morgan fingerprint density at radius 3 is 2.11 bits per heavy atom. The van der Waals surface area contributed by atoms with E-state index in [-0.39, 0.29) is 11.8 Å². The Labute approximate surface area is 166 Å². The predicted molar refractivity (Wildman–Crippen MR) is 112 cm³/mol. The molecule has 0 aliphatic rings. The summed E-state index contributed by atoms with van der Waals surface area (Å²) in [6.45, 7) is 6.30. The molecule has 27 heavy (non-hydrogen) atoms. The number of benzene rings is 2.